The van der Waals surface area contributed by atoms with Gasteiger partial charge in [0, 0.05) is 11.6 Å². The van der Waals surface area contributed by atoms with Crippen molar-refractivity contribution in [3.8, 4) is 17.5 Å². The summed E-state index contributed by atoms with van der Waals surface area (Å²) in [6.45, 7) is 3.34. The molecule has 0 saturated carbocycles. The maximum atomic E-state index is 12.2. The predicted molar refractivity (Wildman–Crippen MR) is 70.6 cm³/mol. The van der Waals surface area contributed by atoms with Crippen LogP contribution < -0.4 is 10.3 Å². The zero-order chi connectivity index (χ0) is 14.0. The van der Waals surface area contributed by atoms with Crippen molar-refractivity contribution in [3.05, 3.63) is 51.4 Å². The summed E-state index contributed by atoms with van der Waals surface area (Å²) in [5.41, 5.74) is 1.58. The second kappa shape index (κ2) is 4.94. The highest BCUT2D eigenvalue weighted by atomic mass is 16.5. The fourth-order valence-corrected chi connectivity index (χ4v) is 1.86. The van der Waals surface area contributed by atoms with Crippen molar-refractivity contribution < 1.29 is 4.74 Å². The zero-order valence-electron chi connectivity index (χ0n) is 11.0. The van der Waals surface area contributed by atoms with E-state index in [1.165, 1.54) is 4.68 Å². The minimum Gasteiger partial charge on any atom is -0.497 e. The third kappa shape index (κ3) is 2.20. The molecule has 2 aromatic rings. The molecule has 0 N–H and O–H groups in total. The van der Waals surface area contributed by atoms with Crippen molar-refractivity contribution in [2.75, 3.05) is 7.11 Å². The summed E-state index contributed by atoms with van der Waals surface area (Å²) in [6.07, 6.45) is 0. The number of benzene rings is 1. The number of methoxy groups -OCH3 is 1. The summed E-state index contributed by atoms with van der Waals surface area (Å²) >= 11 is 0. The van der Waals surface area contributed by atoms with Gasteiger partial charge in [-0.1, -0.05) is 6.07 Å². The van der Waals surface area contributed by atoms with Gasteiger partial charge >= 0.3 is 0 Å². The number of ether oxygens (including phenoxy) is 1. The number of hydrogen-bond donors (Lipinski definition) is 0. The van der Waals surface area contributed by atoms with Gasteiger partial charge in [-0.15, -0.1) is 0 Å². The lowest BCUT2D eigenvalue weighted by Gasteiger charge is -2.09. The SMILES string of the molecule is COc1cccc(-n2nc(C)c(C#N)c(C)c2=O)c1. The van der Waals surface area contributed by atoms with Gasteiger partial charge in [0.15, 0.2) is 0 Å². The van der Waals surface area contributed by atoms with E-state index >= 15 is 0 Å². The molecule has 0 fully saturated rings. The summed E-state index contributed by atoms with van der Waals surface area (Å²) in [6, 6.07) is 9.06. The lowest BCUT2D eigenvalue weighted by molar-refractivity contribution is 0.414. The topological polar surface area (TPSA) is 67.9 Å². The fourth-order valence-electron chi connectivity index (χ4n) is 1.86. The van der Waals surface area contributed by atoms with Crippen molar-refractivity contribution in [2.45, 2.75) is 13.8 Å². The van der Waals surface area contributed by atoms with Crippen LogP contribution in [0.5, 0.6) is 5.75 Å². The molecule has 0 atom stereocenters. The van der Waals surface area contributed by atoms with Crippen molar-refractivity contribution in [3.63, 3.8) is 0 Å². The molecular weight excluding hydrogens is 242 g/mol. The lowest BCUT2D eigenvalue weighted by Crippen LogP contribution is -2.25. The van der Waals surface area contributed by atoms with E-state index in [1.807, 2.05) is 6.07 Å². The summed E-state index contributed by atoms with van der Waals surface area (Å²) in [5.74, 6) is 0.644. The maximum absolute atomic E-state index is 12.2. The van der Waals surface area contributed by atoms with E-state index in [0.717, 1.165) is 0 Å². The van der Waals surface area contributed by atoms with Gasteiger partial charge < -0.3 is 4.74 Å². The Morgan fingerprint density at radius 1 is 1.37 bits per heavy atom. The maximum Gasteiger partial charge on any atom is 0.275 e. The van der Waals surface area contributed by atoms with Crippen LogP contribution >= 0.6 is 0 Å². The first-order valence-corrected chi connectivity index (χ1v) is 5.73. The van der Waals surface area contributed by atoms with Crippen LogP contribution in [0.1, 0.15) is 16.8 Å². The number of hydrogen-bond acceptors (Lipinski definition) is 4. The van der Waals surface area contributed by atoms with E-state index in [4.69, 9.17) is 10.00 Å². The third-order valence-electron chi connectivity index (χ3n) is 2.91. The van der Waals surface area contributed by atoms with Crippen LogP contribution in [0.2, 0.25) is 0 Å². The van der Waals surface area contributed by atoms with Gasteiger partial charge in [0.25, 0.3) is 5.56 Å². The van der Waals surface area contributed by atoms with Gasteiger partial charge in [-0.05, 0) is 26.0 Å². The molecule has 5 heteroatoms. The first-order valence-electron chi connectivity index (χ1n) is 5.73. The normalized spacial score (nSPS) is 10.0. The number of aryl methyl sites for hydroxylation is 1. The molecule has 5 nitrogen and oxygen atoms in total. The van der Waals surface area contributed by atoms with E-state index in [-0.39, 0.29) is 5.56 Å². The van der Waals surface area contributed by atoms with Crippen LogP contribution in [0.4, 0.5) is 0 Å². The Bertz CT molecular complexity index is 726. The Balaban J connectivity index is 2.70. The number of rotatable bonds is 2. The van der Waals surface area contributed by atoms with E-state index in [0.29, 0.717) is 28.3 Å². The zero-order valence-corrected chi connectivity index (χ0v) is 11.0. The Labute approximate surface area is 110 Å². The molecule has 0 aliphatic carbocycles. The monoisotopic (exact) mass is 255 g/mol. The molecule has 1 aromatic heterocycles. The largest absolute Gasteiger partial charge is 0.497 e. The van der Waals surface area contributed by atoms with Gasteiger partial charge in [0.1, 0.15) is 11.8 Å². The average molecular weight is 255 g/mol. The molecule has 2 rings (SSSR count). The predicted octanol–water partition coefficient (Wildman–Crippen LogP) is 1.73. The van der Waals surface area contributed by atoms with Crippen LogP contribution in [0.25, 0.3) is 5.69 Å². The van der Waals surface area contributed by atoms with Crippen LogP contribution in [0.15, 0.2) is 29.1 Å². The number of nitriles is 1. The average Bonchev–Trinajstić information content (AvgIpc) is 2.43. The number of nitrogens with zero attached hydrogens (tertiary/aromatic N) is 3. The minimum absolute atomic E-state index is 0.296. The fraction of sp³-hybridized carbons (Fsp3) is 0.214. The summed E-state index contributed by atoms with van der Waals surface area (Å²) in [7, 11) is 1.56. The second-order valence-electron chi connectivity index (χ2n) is 4.12. The molecule has 1 aromatic carbocycles. The van der Waals surface area contributed by atoms with Gasteiger partial charge in [-0.25, -0.2) is 0 Å². The Hall–Kier alpha value is -2.61. The highest BCUT2D eigenvalue weighted by molar-refractivity contribution is 5.42. The van der Waals surface area contributed by atoms with Gasteiger partial charge in [0.05, 0.1) is 24.1 Å². The first-order chi connectivity index (χ1) is 9.08. The second-order valence-corrected chi connectivity index (χ2v) is 4.12. The summed E-state index contributed by atoms with van der Waals surface area (Å²) in [4.78, 5) is 12.2. The quantitative estimate of drug-likeness (QED) is 0.819. The Morgan fingerprint density at radius 2 is 2.11 bits per heavy atom. The van der Waals surface area contributed by atoms with E-state index < -0.39 is 0 Å². The number of aromatic nitrogens is 2. The van der Waals surface area contributed by atoms with Crippen LogP contribution in [-0.2, 0) is 0 Å². The standard InChI is InChI=1S/C14H13N3O2/c1-9-13(8-15)10(2)16-17(14(9)18)11-5-4-6-12(7-11)19-3/h4-7H,1-3H3. The highest BCUT2D eigenvalue weighted by Crippen LogP contribution is 2.15. The molecule has 0 aliphatic heterocycles. The molecule has 19 heavy (non-hydrogen) atoms. The highest BCUT2D eigenvalue weighted by Gasteiger charge is 2.12. The smallest absolute Gasteiger partial charge is 0.275 e. The van der Waals surface area contributed by atoms with Crippen molar-refractivity contribution in [1.29, 1.82) is 5.26 Å². The molecule has 0 unspecified atom stereocenters. The molecule has 0 radical (unpaired) electrons. The van der Waals surface area contributed by atoms with Gasteiger partial charge in [0.2, 0.25) is 0 Å². The van der Waals surface area contributed by atoms with Crippen molar-refractivity contribution in [1.82, 2.24) is 9.78 Å². The molecule has 0 aliphatic rings. The Kier molecular flexibility index (Phi) is 3.34. The third-order valence-corrected chi connectivity index (χ3v) is 2.91. The summed E-state index contributed by atoms with van der Waals surface area (Å²) < 4.78 is 6.41. The molecule has 0 spiro atoms. The molecule has 0 bridgehead atoms. The molecule has 0 amide bonds. The lowest BCUT2D eigenvalue weighted by atomic mass is 10.1. The van der Waals surface area contributed by atoms with Crippen LogP contribution in [0.3, 0.4) is 0 Å². The van der Waals surface area contributed by atoms with Gasteiger partial charge in [-0.3, -0.25) is 4.79 Å². The van der Waals surface area contributed by atoms with E-state index in [9.17, 15) is 4.79 Å². The molecule has 96 valence electrons. The Morgan fingerprint density at radius 3 is 2.74 bits per heavy atom. The van der Waals surface area contributed by atoms with Gasteiger partial charge in [-0.2, -0.15) is 15.0 Å². The molecule has 0 saturated heterocycles. The van der Waals surface area contributed by atoms with Crippen LogP contribution in [-0.4, -0.2) is 16.9 Å². The van der Waals surface area contributed by atoms with E-state index in [2.05, 4.69) is 5.10 Å². The van der Waals surface area contributed by atoms with Crippen LogP contribution in [0, 0.1) is 25.2 Å². The van der Waals surface area contributed by atoms with Crippen molar-refractivity contribution in [2.24, 2.45) is 0 Å². The summed E-state index contributed by atoms with van der Waals surface area (Å²) in [5, 5.41) is 13.2. The van der Waals surface area contributed by atoms with E-state index in [1.54, 1.807) is 45.2 Å². The molecular formula is C14H13N3O2. The minimum atomic E-state index is -0.296. The molecule has 1 heterocycles. The van der Waals surface area contributed by atoms with Crippen molar-refractivity contribution >= 4 is 0 Å². The first kappa shape index (κ1) is 12.8.